The first-order valence-electron chi connectivity index (χ1n) is 11.6. The van der Waals surface area contributed by atoms with Gasteiger partial charge in [0, 0.05) is 25.3 Å². The third-order valence-corrected chi connectivity index (χ3v) is 8.39. The van der Waals surface area contributed by atoms with Crippen molar-refractivity contribution < 1.29 is 9.13 Å². The second-order valence-electron chi connectivity index (χ2n) is 9.36. The van der Waals surface area contributed by atoms with Crippen LogP contribution in [0.3, 0.4) is 0 Å². The van der Waals surface area contributed by atoms with Crippen LogP contribution in [0.15, 0.2) is 51.6 Å². The maximum Gasteiger partial charge on any atom is 0.176 e. The minimum atomic E-state index is -0.213. The van der Waals surface area contributed by atoms with E-state index >= 15 is 0 Å². The molecule has 2 aliphatic heterocycles. The van der Waals surface area contributed by atoms with Crippen molar-refractivity contribution in [3.63, 3.8) is 0 Å². The highest BCUT2D eigenvalue weighted by Crippen LogP contribution is 2.51. The van der Waals surface area contributed by atoms with E-state index in [1.54, 1.807) is 25.6 Å². The number of benzene rings is 1. The minimum Gasteiger partial charge on any atom is -0.492 e. The van der Waals surface area contributed by atoms with Gasteiger partial charge in [0.05, 0.1) is 30.3 Å². The summed E-state index contributed by atoms with van der Waals surface area (Å²) in [5, 5.41) is 0.753. The molecule has 0 unspecified atom stereocenters. The summed E-state index contributed by atoms with van der Waals surface area (Å²) in [6.45, 7) is 1.73. The summed E-state index contributed by atoms with van der Waals surface area (Å²) in [5.74, 6) is 2.34. The molecule has 1 spiro atoms. The molecule has 6 rings (SSSR count). The second-order valence-corrected chi connectivity index (χ2v) is 10.4. The quantitative estimate of drug-likeness (QED) is 0.570. The van der Waals surface area contributed by atoms with Crippen LogP contribution >= 0.6 is 11.8 Å². The highest BCUT2D eigenvalue weighted by Gasteiger charge is 2.46. The average Bonchev–Trinajstić information content (AvgIpc) is 3.39. The van der Waals surface area contributed by atoms with Gasteiger partial charge in [0.1, 0.15) is 16.7 Å². The fourth-order valence-electron chi connectivity index (χ4n) is 5.54. The number of likely N-dealkylation sites (tertiary alicyclic amines) is 1. The van der Waals surface area contributed by atoms with Gasteiger partial charge in [-0.1, -0.05) is 17.8 Å². The summed E-state index contributed by atoms with van der Waals surface area (Å²) in [7, 11) is 1.57. The summed E-state index contributed by atoms with van der Waals surface area (Å²) in [5.41, 5.74) is 15.6. The lowest BCUT2D eigenvalue weighted by Crippen LogP contribution is -2.46. The predicted molar refractivity (Wildman–Crippen MR) is 132 cm³/mol. The first-order valence-corrected chi connectivity index (χ1v) is 12.5. The molecule has 180 valence electrons. The van der Waals surface area contributed by atoms with Crippen LogP contribution in [0.4, 0.5) is 16.0 Å². The normalized spacial score (nSPS) is 20.0. The van der Waals surface area contributed by atoms with E-state index in [0.717, 1.165) is 59.4 Å². The van der Waals surface area contributed by atoms with Crippen molar-refractivity contribution in [2.24, 2.45) is 16.1 Å². The van der Waals surface area contributed by atoms with Crippen LogP contribution in [-0.2, 0) is 12.8 Å². The zero-order valence-corrected chi connectivity index (χ0v) is 20.2. The second kappa shape index (κ2) is 8.46. The first kappa shape index (κ1) is 22.2. The molecule has 0 saturated carbocycles. The number of hydrogen-bond acceptors (Lipinski definition) is 9. The fourth-order valence-corrected chi connectivity index (χ4v) is 6.43. The first-order chi connectivity index (χ1) is 17.0. The number of piperidine rings is 1. The van der Waals surface area contributed by atoms with Crippen molar-refractivity contribution in [1.29, 1.82) is 0 Å². The lowest BCUT2D eigenvalue weighted by molar-refractivity contribution is 0.127. The summed E-state index contributed by atoms with van der Waals surface area (Å²) in [6, 6.07) is 6.77. The molecule has 3 aromatic rings. The van der Waals surface area contributed by atoms with Gasteiger partial charge >= 0.3 is 0 Å². The van der Waals surface area contributed by atoms with Crippen molar-refractivity contribution in [2.75, 3.05) is 25.9 Å². The van der Waals surface area contributed by atoms with Crippen LogP contribution < -0.4 is 16.2 Å². The van der Waals surface area contributed by atoms with Crippen LogP contribution in [-0.4, -0.2) is 45.9 Å². The Labute approximate surface area is 207 Å². The molecule has 1 aromatic carbocycles. The molecule has 0 bridgehead atoms. The van der Waals surface area contributed by atoms with Crippen LogP contribution in [0.2, 0.25) is 0 Å². The molecule has 10 heteroatoms. The number of pyridine rings is 1. The molecule has 3 aliphatic rings. The van der Waals surface area contributed by atoms with Crippen LogP contribution in [0.1, 0.15) is 35.7 Å². The van der Waals surface area contributed by atoms with Crippen molar-refractivity contribution >= 4 is 29.2 Å². The summed E-state index contributed by atoms with van der Waals surface area (Å²) >= 11 is 1.44. The molecule has 4 N–H and O–H groups in total. The summed E-state index contributed by atoms with van der Waals surface area (Å²) in [6.07, 6.45) is 6.84. The van der Waals surface area contributed by atoms with Gasteiger partial charge in [-0.2, -0.15) is 0 Å². The summed E-state index contributed by atoms with van der Waals surface area (Å²) < 4.78 is 19.2. The van der Waals surface area contributed by atoms with Crippen LogP contribution in [0.5, 0.6) is 5.75 Å². The van der Waals surface area contributed by atoms with E-state index in [0.29, 0.717) is 23.8 Å². The maximum atomic E-state index is 13.8. The Morgan fingerprint density at radius 1 is 1.20 bits per heavy atom. The van der Waals surface area contributed by atoms with Gasteiger partial charge in [0.25, 0.3) is 0 Å². The molecule has 2 aromatic heterocycles. The lowest BCUT2D eigenvalue weighted by Gasteiger charge is -2.43. The Bertz CT molecular complexity index is 1340. The Morgan fingerprint density at radius 2 is 2.03 bits per heavy atom. The SMILES string of the molecule is COc1c(Sc2cnc3c(n2)CC(N2CCC4(CC2)Cc2ccc(F)cc2[C@H]4N)=N3)ccnc1N. The van der Waals surface area contributed by atoms with Gasteiger partial charge in [-0.3, -0.25) is 0 Å². The van der Waals surface area contributed by atoms with E-state index in [4.69, 9.17) is 26.2 Å². The molecule has 35 heavy (non-hydrogen) atoms. The number of nitrogen functional groups attached to an aromatic ring is 1. The molecule has 4 heterocycles. The fraction of sp³-hybridized carbons (Fsp3) is 0.360. The Kier molecular flexibility index (Phi) is 5.37. The standard InChI is InChI=1S/C25H26FN7OS/c1-34-21-18(4-7-29-23(21)28)35-20-13-30-24-17(31-20)11-19(32-24)33-8-5-25(6-9-33)12-14-2-3-15(26)10-16(14)22(25)27/h2-4,7,10,13,22H,5-6,8-9,11-12,27H2,1H3,(H2,28,29)/t22-/m1/s1. The van der Waals surface area contributed by atoms with Gasteiger partial charge in [-0.05, 0) is 54.0 Å². The van der Waals surface area contributed by atoms with Crippen molar-refractivity contribution in [3.8, 4) is 5.75 Å². The van der Waals surface area contributed by atoms with Gasteiger partial charge < -0.3 is 21.1 Å². The average molecular weight is 492 g/mol. The highest BCUT2D eigenvalue weighted by molar-refractivity contribution is 7.99. The van der Waals surface area contributed by atoms with Gasteiger partial charge in [-0.25, -0.2) is 24.3 Å². The smallest absolute Gasteiger partial charge is 0.176 e. The Hall–Kier alpha value is -3.24. The zero-order chi connectivity index (χ0) is 24.2. The molecule has 8 nitrogen and oxygen atoms in total. The van der Waals surface area contributed by atoms with Crippen molar-refractivity contribution in [1.82, 2.24) is 19.9 Å². The van der Waals surface area contributed by atoms with E-state index in [9.17, 15) is 4.39 Å². The number of rotatable bonds is 3. The lowest BCUT2D eigenvalue weighted by atomic mass is 9.73. The third kappa shape index (κ3) is 3.81. The minimum absolute atomic E-state index is 0.00953. The highest BCUT2D eigenvalue weighted by atomic mass is 32.2. The number of fused-ring (bicyclic) bond motifs is 2. The van der Waals surface area contributed by atoms with E-state index in [1.165, 1.54) is 23.4 Å². The molecule has 0 radical (unpaired) electrons. The van der Waals surface area contributed by atoms with Gasteiger partial charge in [-0.15, -0.1) is 0 Å². The van der Waals surface area contributed by atoms with Gasteiger partial charge in [0.15, 0.2) is 17.4 Å². The number of ether oxygens (including phenoxy) is 1. The van der Waals surface area contributed by atoms with E-state index in [-0.39, 0.29) is 17.3 Å². The number of hydrogen-bond donors (Lipinski definition) is 2. The molecular formula is C25H26FN7OS. The number of amidine groups is 1. The largest absolute Gasteiger partial charge is 0.492 e. The zero-order valence-electron chi connectivity index (χ0n) is 19.4. The van der Waals surface area contributed by atoms with E-state index in [2.05, 4.69) is 14.9 Å². The topological polar surface area (TPSA) is 116 Å². The van der Waals surface area contributed by atoms with Crippen LogP contribution in [0.25, 0.3) is 0 Å². The van der Waals surface area contributed by atoms with E-state index < -0.39 is 0 Å². The molecule has 1 atom stereocenters. The number of nitrogens with two attached hydrogens (primary N) is 2. The maximum absolute atomic E-state index is 13.8. The molecule has 1 aliphatic carbocycles. The number of aromatic nitrogens is 3. The number of aliphatic imine (C=N–C) groups is 1. The van der Waals surface area contributed by atoms with Crippen molar-refractivity contribution in [2.45, 2.75) is 41.6 Å². The molecule has 1 saturated heterocycles. The van der Waals surface area contributed by atoms with Gasteiger partial charge in [0.2, 0.25) is 0 Å². The molecule has 0 amide bonds. The van der Waals surface area contributed by atoms with Crippen LogP contribution in [0, 0.1) is 11.2 Å². The molecule has 1 fully saturated rings. The number of methoxy groups -OCH3 is 1. The number of nitrogens with zero attached hydrogens (tertiary/aromatic N) is 5. The number of halogens is 1. The predicted octanol–water partition coefficient (Wildman–Crippen LogP) is 3.68. The Morgan fingerprint density at radius 3 is 2.83 bits per heavy atom. The Balaban J connectivity index is 1.13. The third-order valence-electron chi connectivity index (χ3n) is 7.45. The van der Waals surface area contributed by atoms with Crippen molar-refractivity contribution in [3.05, 3.63) is 59.3 Å². The number of anilines is 1. The molecular weight excluding hydrogens is 465 g/mol. The monoisotopic (exact) mass is 491 g/mol. The summed E-state index contributed by atoms with van der Waals surface area (Å²) in [4.78, 5) is 21.4. The van der Waals surface area contributed by atoms with E-state index in [1.807, 2.05) is 12.1 Å².